The first-order valence-electron chi connectivity index (χ1n) is 9.03. The van der Waals surface area contributed by atoms with Gasteiger partial charge in [-0.25, -0.2) is 26.9 Å². The van der Waals surface area contributed by atoms with Gasteiger partial charge < -0.3 is 5.32 Å². The fraction of sp³-hybridized carbons (Fsp3) is 0.211. The van der Waals surface area contributed by atoms with Crippen LogP contribution in [-0.4, -0.2) is 30.4 Å². The summed E-state index contributed by atoms with van der Waals surface area (Å²) in [4.78, 5) is 27.9. The molecule has 8 nitrogen and oxygen atoms in total. The van der Waals surface area contributed by atoms with E-state index in [4.69, 9.17) is 0 Å². The third-order valence-corrected chi connectivity index (χ3v) is 6.16. The van der Waals surface area contributed by atoms with Crippen LogP contribution in [0.25, 0.3) is 10.9 Å². The van der Waals surface area contributed by atoms with Gasteiger partial charge in [0, 0.05) is 18.7 Å². The third kappa shape index (κ3) is 3.68. The predicted octanol–water partition coefficient (Wildman–Crippen LogP) is 1.54. The number of aryl methyl sites for hydroxylation is 1. The Morgan fingerprint density at radius 1 is 1.17 bits per heavy atom. The molecule has 11 heteroatoms. The first-order valence-corrected chi connectivity index (χ1v) is 10.5. The monoisotopic (exact) mass is 434 g/mol. The minimum Gasteiger partial charge on any atom is -0.325 e. The minimum atomic E-state index is -4.57. The molecule has 3 aromatic rings. The number of fused-ring (bicyclic) bond motifs is 2. The highest BCUT2D eigenvalue weighted by Gasteiger charge is 2.24. The summed E-state index contributed by atoms with van der Waals surface area (Å²) in [7, 11) is -4.57. The van der Waals surface area contributed by atoms with Crippen molar-refractivity contribution in [3.05, 3.63) is 64.2 Å². The van der Waals surface area contributed by atoms with Crippen molar-refractivity contribution in [2.45, 2.75) is 24.3 Å². The molecule has 0 atom stereocenters. The van der Waals surface area contributed by atoms with E-state index >= 15 is 0 Å². The Morgan fingerprint density at radius 2 is 1.90 bits per heavy atom. The van der Waals surface area contributed by atoms with Crippen LogP contribution in [0.5, 0.6) is 0 Å². The number of hydrogen-bond acceptors (Lipinski definition) is 5. The van der Waals surface area contributed by atoms with E-state index in [2.05, 4.69) is 10.3 Å². The zero-order chi connectivity index (χ0) is 21.5. The lowest BCUT2D eigenvalue weighted by molar-refractivity contribution is -0.115. The fourth-order valence-electron chi connectivity index (χ4n) is 3.34. The Labute approximate surface area is 169 Å². The highest BCUT2D eigenvalue weighted by Crippen LogP contribution is 2.19. The second kappa shape index (κ2) is 7.58. The van der Waals surface area contributed by atoms with Gasteiger partial charge in [-0.15, -0.1) is 0 Å². The van der Waals surface area contributed by atoms with Gasteiger partial charge in [0.15, 0.2) is 4.90 Å². The van der Waals surface area contributed by atoms with E-state index < -0.39 is 39.0 Å². The van der Waals surface area contributed by atoms with Gasteiger partial charge in [0.1, 0.15) is 17.5 Å². The molecule has 2 aromatic carbocycles. The summed E-state index contributed by atoms with van der Waals surface area (Å²) in [6.07, 6.45) is 1.53. The minimum absolute atomic E-state index is 0.148. The maximum atomic E-state index is 13.7. The quantitative estimate of drug-likeness (QED) is 0.633. The Bertz CT molecular complexity index is 1320. The van der Waals surface area contributed by atoms with E-state index in [0.29, 0.717) is 35.4 Å². The fourth-order valence-corrected chi connectivity index (χ4v) is 4.45. The predicted molar refractivity (Wildman–Crippen MR) is 105 cm³/mol. The molecule has 2 heterocycles. The molecule has 2 N–H and O–H groups in total. The number of benzene rings is 2. The molecule has 0 saturated heterocycles. The van der Waals surface area contributed by atoms with Gasteiger partial charge in [0.25, 0.3) is 5.56 Å². The number of amides is 1. The largest absolute Gasteiger partial charge is 0.325 e. The van der Waals surface area contributed by atoms with Crippen LogP contribution in [0.1, 0.15) is 12.2 Å². The second-order valence-electron chi connectivity index (χ2n) is 6.74. The van der Waals surface area contributed by atoms with Crippen LogP contribution in [0.3, 0.4) is 0 Å². The molecule has 30 heavy (non-hydrogen) atoms. The summed E-state index contributed by atoms with van der Waals surface area (Å²) in [5.41, 5.74) is 0.573. The Balaban J connectivity index is 1.50. The van der Waals surface area contributed by atoms with E-state index in [0.717, 1.165) is 24.6 Å². The number of carbonyl (C=O) groups is 1. The maximum absolute atomic E-state index is 13.7. The number of halogens is 2. The number of nitrogens with one attached hydrogen (secondary N) is 2. The van der Waals surface area contributed by atoms with Gasteiger partial charge in [-0.3, -0.25) is 14.2 Å². The van der Waals surface area contributed by atoms with Crippen molar-refractivity contribution in [1.29, 1.82) is 0 Å². The summed E-state index contributed by atoms with van der Waals surface area (Å²) >= 11 is 0. The first kappa shape index (κ1) is 20.1. The van der Waals surface area contributed by atoms with Crippen molar-refractivity contribution in [1.82, 2.24) is 14.3 Å². The number of aromatic nitrogens is 2. The van der Waals surface area contributed by atoms with Crippen LogP contribution in [0.4, 0.5) is 14.5 Å². The molecule has 1 aliphatic heterocycles. The smallest absolute Gasteiger partial charge is 0.261 e. The van der Waals surface area contributed by atoms with Gasteiger partial charge in [0.05, 0.1) is 17.4 Å². The van der Waals surface area contributed by atoms with Crippen molar-refractivity contribution >= 4 is 32.5 Å². The summed E-state index contributed by atoms with van der Waals surface area (Å²) in [6, 6.07) is 7.18. The van der Waals surface area contributed by atoms with Crippen LogP contribution in [-0.2, 0) is 27.8 Å². The Kier molecular flexibility index (Phi) is 5.08. The normalized spacial score (nSPS) is 13.4. The lowest BCUT2D eigenvalue weighted by Gasteiger charge is -2.10. The van der Waals surface area contributed by atoms with Crippen molar-refractivity contribution < 1.29 is 22.0 Å². The highest BCUT2D eigenvalue weighted by molar-refractivity contribution is 7.89. The molecule has 1 aliphatic rings. The standard InChI is InChI=1S/C19H16F2N4O4S/c20-13-3-1-4-14(21)18(13)30(28,29)22-10-17(26)23-11-6-7-12-15(9-11)24-16-5-2-8-25(16)19(12)27/h1,3-4,6-7,9,22H,2,5,8,10H2,(H,23,26). The number of anilines is 1. The van der Waals surface area contributed by atoms with Gasteiger partial charge in [-0.2, -0.15) is 0 Å². The molecular weight excluding hydrogens is 418 g/mol. The van der Waals surface area contributed by atoms with Gasteiger partial charge >= 0.3 is 0 Å². The van der Waals surface area contributed by atoms with E-state index in [1.165, 1.54) is 18.2 Å². The van der Waals surface area contributed by atoms with Crippen molar-refractivity contribution in [2.24, 2.45) is 0 Å². The van der Waals surface area contributed by atoms with Crippen molar-refractivity contribution in [3.8, 4) is 0 Å². The maximum Gasteiger partial charge on any atom is 0.261 e. The van der Waals surface area contributed by atoms with Crippen LogP contribution < -0.4 is 15.6 Å². The lowest BCUT2D eigenvalue weighted by atomic mass is 10.2. The van der Waals surface area contributed by atoms with Gasteiger partial charge in [-0.05, 0) is 36.8 Å². The van der Waals surface area contributed by atoms with E-state index in [-0.39, 0.29) is 5.56 Å². The van der Waals surface area contributed by atoms with E-state index in [9.17, 15) is 26.8 Å². The highest BCUT2D eigenvalue weighted by atomic mass is 32.2. The SMILES string of the molecule is O=C(CNS(=O)(=O)c1c(F)cccc1F)Nc1ccc2c(=O)n3c(nc2c1)CCC3. The number of nitrogens with zero attached hydrogens (tertiary/aromatic N) is 2. The molecule has 4 rings (SSSR count). The molecule has 156 valence electrons. The summed E-state index contributed by atoms with van der Waals surface area (Å²) < 4.78 is 55.2. The topological polar surface area (TPSA) is 110 Å². The van der Waals surface area contributed by atoms with Gasteiger partial charge in [0.2, 0.25) is 15.9 Å². The zero-order valence-electron chi connectivity index (χ0n) is 15.5. The Morgan fingerprint density at radius 3 is 2.63 bits per heavy atom. The molecule has 0 bridgehead atoms. The Hall–Kier alpha value is -3.18. The average Bonchev–Trinajstić information content (AvgIpc) is 3.15. The summed E-state index contributed by atoms with van der Waals surface area (Å²) in [6.45, 7) is -0.118. The zero-order valence-corrected chi connectivity index (χ0v) is 16.3. The van der Waals surface area contributed by atoms with Crippen molar-refractivity contribution in [3.63, 3.8) is 0 Å². The number of hydrogen-bond donors (Lipinski definition) is 2. The van der Waals surface area contributed by atoms with Gasteiger partial charge in [-0.1, -0.05) is 6.07 Å². The molecule has 0 spiro atoms. The molecule has 1 aromatic heterocycles. The second-order valence-corrected chi connectivity index (χ2v) is 8.45. The summed E-state index contributed by atoms with van der Waals surface area (Å²) in [5.74, 6) is -2.60. The molecule has 0 fully saturated rings. The van der Waals surface area contributed by atoms with Crippen LogP contribution in [0, 0.1) is 11.6 Å². The third-order valence-electron chi connectivity index (χ3n) is 4.71. The van der Waals surface area contributed by atoms with Crippen LogP contribution in [0.15, 0.2) is 46.1 Å². The molecule has 0 saturated carbocycles. The number of carbonyl (C=O) groups excluding carboxylic acids is 1. The van der Waals surface area contributed by atoms with E-state index in [1.54, 1.807) is 4.57 Å². The molecular formula is C19H16F2N4O4S. The van der Waals surface area contributed by atoms with Crippen LogP contribution >= 0.6 is 0 Å². The summed E-state index contributed by atoms with van der Waals surface area (Å²) in [5, 5.41) is 2.88. The lowest BCUT2D eigenvalue weighted by Crippen LogP contribution is -2.33. The number of rotatable bonds is 5. The molecule has 0 aliphatic carbocycles. The average molecular weight is 434 g/mol. The van der Waals surface area contributed by atoms with Crippen LogP contribution in [0.2, 0.25) is 0 Å². The first-order chi connectivity index (χ1) is 14.3. The molecule has 0 radical (unpaired) electrons. The molecule has 1 amide bonds. The molecule has 0 unspecified atom stereocenters. The number of sulfonamides is 1. The van der Waals surface area contributed by atoms with E-state index in [1.807, 2.05) is 4.72 Å². The van der Waals surface area contributed by atoms with Crippen molar-refractivity contribution in [2.75, 3.05) is 11.9 Å².